The molecule has 0 aliphatic heterocycles. The number of amides is 1. The standard InChI is InChI=1S/C26H23FN4O/c1-19-29-16-23(21-11-13-28-14-12-21)25(30-19)18-31(17-20-7-3-2-4-8-20)26(32)15-22-9-5-6-10-24(22)27/h2-14,16H,15,17-18H2,1H3. The highest BCUT2D eigenvalue weighted by molar-refractivity contribution is 5.79. The third-order valence-corrected chi connectivity index (χ3v) is 5.19. The monoisotopic (exact) mass is 426 g/mol. The minimum absolute atomic E-state index is 0.0197. The van der Waals surface area contributed by atoms with Crippen LogP contribution in [0.1, 0.15) is 22.6 Å². The molecule has 1 amide bonds. The van der Waals surface area contributed by atoms with E-state index in [4.69, 9.17) is 0 Å². The minimum atomic E-state index is -0.379. The molecule has 0 saturated carbocycles. The van der Waals surface area contributed by atoms with E-state index in [1.54, 1.807) is 41.7 Å². The number of pyridine rings is 1. The van der Waals surface area contributed by atoms with Crippen LogP contribution in [0.4, 0.5) is 4.39 Å². The van der Waals surface area contributed by atoms with Gasteiger partial charge >= 0.3 is 0 Å². The van der Waals surface area contributed by atoms with E-state index < -0.39 is 0 Å². The van der Waals surface area contributed by atoms with E-state index in [9.17, 15) is 9.18 Å². The van der Waals surface area contributed by atoms with Crippen LogP contribution >= 0.6 is 0 Å². The Kier molecular flexibility index (Phi) is 6.60. The summed E-state index contributed by atoms with van der Waals surface area (Å²) in [4.78, 5) is 28.1. The van der Waals surface area contributed by atoms with Crippen LogP contribution in [0.5, 0.6) is 0 Å². The Bertz CT molecular complexity index is 1200. The van der Waals surface area contributed by atoms with Crippen molar-refractivity contribution in [3.8, 4) is 11.1 Å². The first-order chi connectivity index (χ1) is 15.6. The molecule has 4 rings (SSSR count). The third kappa shape index (κ3) is 5.21. The van der Waals surface area contributed by atoms with Crippen LogP contribution < -0.4 is 0 Å². The summed E-state index contributed by atoms with van der Waals surface area (Å²) in [5.41, 5.74) is 3.88. The first-order valence-electron chi connectivity index (χ1n) is 10.4. The van der Waals surface area contributed by atoms with E-state index in [1.807, 2.05) is 49.4 Å². The van der Waals surface area contributed by atoms with Crippen molar-refractivity contribution in [2.24, 2.45) is 0 Å². The largest absolute Gasteiger partial charge is 0.332 e. The highest BCUT2D eigenvalue weighted by Crippen LogP contribution is 2.23. The molecular formula is C26H23FN4O. The quantitative estimate of drug-likeness (QED) is 0.428. The molecule has 5 nitrogen and oxygen atoms in total. The maximum atomic E-state index is 14.2. The summed E-state index contributed by atoms with van der Waals surface area (Å²) in [6.45, 7) is 2.50. The Hall–Kier alpha value is -3.93. The highest BCUT2D eigenvalue weighted by atomic mass is 19.1. The number of nitrogens with zero attached hydrogens (tertiary/aromatic N) is 4. The zero-order valence-corrected chi connectivity index (χ0v) is 17.8. The van der Waals surface area contributed by atoms with Crippen molar-refractivity contribution in [1.29, 1.82) is 0 Å². The predicted octanol–water partition coefficient (Wildman–Crippen LogP) is 4.76. The summed E-state index contributed by atoms with van der Waals surface area (Å²) < 4.78 is 14.2. The maximum Gasteiger partial charge on any atom is 0.227 e. The Labute approximate surface area is 186 Å². The van der Waals surface area contributed by atoms with Crippen LogP contribution in [-0.4, -0.2) is 25.8 Å². The average molecular weight is 426 g/mol. The molecule has 4 aromatic rings. The molecule has 0 unspecified atom stereocenters. The number of hydrogen-bond acceptors (Lipinski definition) is 4. The SMILES string of the molecule is Cc1ncc(-c2ccncc2)c(CN(Cc2ccccc2)C(=O)Cc2ccccc2F)n1. The zero-order valence-electron chi connectivity index (χ0n) is 17.8. The molecule has 0 bridgehead atoms. The van der Waals surface area contributed by atoms with Gasteiger partial charge in [0.2, 0.25) is 5.91 Å². The molecule has 0 fully saturated rings. The van der Waals surface area contributed by atoms with Gasteiger partial charge in [0.25, 0.3) is 0 Å². The van der Waals surface area contributed by atoms with E-state index in [-0.39, 0.29) is 24.7 Å². The van der Waals surface area contributed by atoms with Crippen molar-refractivity contribution in [2.75, 3.05) is 0 Å². The van der Waals surface area contributed by atoms with E-state index in [1.165, 1.54) is 6.07 Å². The molecular weight excluding hydrogens is 403 g/mol. The van der Waals surface area contributed by atoms with Gasteiger partial charge in [0.05, 0.1) is 18.7 Å². The van der Waals surface area contributed by atoms with Gasteiger partial charge in [-0.3, -0.25) is 9.78 Å². The third-order valence-electron chi connectivity index (χ3n) is 5.19. The first-order valence-corrected chi connectivity index (χ1v) is 10.4. The zero-order chi connectivity index (χ0) is 22.3. The summed E-state index contributed by atoms with van der Waals surface area (Å²) in [5.74, 6) is 0.0748. The van der Waals surface area contributed by atoms with Crippen molar-refractivity contribution in [3.63, 3.8) is 0 Å². The van der Waals surface area contributed by atoms with Crippen molar-refractivity contribution >= 4 is 5.91 Å². The van der Waals surface area contributed by atoms with Gasteiger partial charge in [-0.25, -0.2) is 14.4 Å². The second kappa shape index (κ2) is 9.92. The molecule has 0 radical (unpaired) electrons. The van der Waals surface area contributed by atoms with Gasteiger partial charge in [-0.1, -0.05) is 48.5 Å². The number of benzene rings is 2. The second-order valence-electron chi connectivity index (χ2n) is 7.52. The fraction of sp³-hybridized carbons (Fsp3) is 0.154. The van der Waals surface area contributed by atoms with Crippen LogP contribution in [0.3, 0.4) is 0 Å². The summed E-state index contributed by atoms with van der Waals surface area (Å²) in [5, 5.41) is 0. The van der Waals surface area contributed by atoms with Gasteiger partial charge in [0, 0.05) is 30.7 Å². The lowest BCUT2D eigenvalue weighted by Crippen LogP contribution is -2.32. The second-order valence-corrected chi connectivity index (χ2v) is 7.52. The van der Waals surface area contributed by atoms with Crippen LogP contribution in [0.25, 0.3) is 11.1 Å². The number of hydrogen-bond donors (Lipinski definition) is 0. The Balaban J connectivity index is 1.67. The van der Waals surface area contributed by atoms with Crippen molar-refractivity contribution in [1.82, 2.24) is 19.9 Å². The van der Waals surface area contributed by atoms with E-state index in [2.05, 4.69) is 15.0 Å². The van der Waals surface area contributed by atoms with Gasteiger partial charge in [-0.05, 0) is 41.8 Å². The minimum Gasteiger partial charge on any atom is -0.332 e. The fourth-order valence-electron chi connectivity index (χ4n) is 3.54. The molecule has 0 aliphatic carbocycles. The molecule has 2 aromatic carbocycles. The number of halogens is 1. The van der Waals surface area contributed by atoms with Gasteiger partial charge < -0.3 is 4.90 Å². The van der Waals surface area contributed by atoms with Gasteiger partial charge in [0.1, 0.15) is 11.6 Å². The first kappa shape index (κ1) is 21.3. The molecule has 0 N–H and O–H groups in total. The van der Waals surface area contributed by atoms with E-state index >= 15 is 0 Å². The lowest BCUT2D eigenvalue weighted by Gasteiger charge is -2.24. The fourth-order valence-corrected chi connectivity index (χ4v) is 3.54. The Morgan fingerprint density at radius 1 is 0.938 bits per heavy atom. The van der Waals surface area contributed by atoms with Gasteiger partial charge in [0.15, 0.2) is 0 Å². The number of rotatable bonds is 7. The predicted molar refractivity (Wildman–Crippen MR) is 121 cm³/mol. The lowest BCUT2D eigenvalue weighted by molar-refractivity contribution is -0.131. The molecule has 0 saturated heterocycles. The number of aryl methyl sites for hydroxylation is 1. The summed E-state index contributed by atoms with van der Waals surface area (Å²) in [7, 11) is 0. The smallest absolute Gasteiger partial charge is 0.227 e. The molecule has 0 spiro atoms. The number of carbonyl (C=O) groups excluding carboxylic acids is 1. The summed E-state index contributed by atoms with van der Waals surface area (Å²) >= 11 is 0. The van der Waals surface area contributed by atoms with Gasteiger partial charge in [-0.2, -0.15) is 0 Å². The molecule has 2 heterocycles. The maximum absolute atomic E-state index is 14.2. The summed E-state index contributed by atoms with van der Waals surface area (Å²) in [6, 6.07) is 19.9. The van der Waals surface area contributed by atoms with Crippen LogP contribution in [0.15, 0.2) is 85.3 Å². The molecule has 160 valence electrons. The normalized spacial score (nSPS) is 10.7. The van der Waals surface area contributed by atoms with E-state index in [0.717, 1.165) is 22.4 Å². The number of aromatic nitrogens is 3. The lowest BCUT2D eigenvalue weighted by atomic mass is 10.1. The van der Waals surface area contributed by atoms with Crippen LogP contribution in [0, 0.1) is 12.7 Å². The topological polar surface area (TPSA) is 59.0 Å². The summed E-state index contributed by atoms with van der Waals surface area (Å²) in [6.07, 6.45) is 5.18. The average Bonchev–Trinajstić information content (AvgIpc) is 2.81. The van der Waals surface area contributed by atoms with Crippen LogP contribution in [-0.2, 0) is 24.3 Å². The Morgan fingerprint density at radius 3 is 2.41 bits per heavy atom. The van der Waals surface area contributed by atoms with Crippen molar-refractivity contribution < 1.29 is 9.18 Å². The van der Waals surface area contributed by atoms with Crippen molar-refractivity contribution in [2.45, 2.75) is 26.4 Å². The van der Waals surface area contributed by atoms with Gasteiger partial charge in [-0.15, -0.1) is 0 Å². The molecule has 2 aromatic heterocycles. The molecule has 32 heavy (non-hydrogen) atoms. The Morgan fingerprint density at radius 2 is 1.66 bits per heavy atom. The van der Waals surface area contributed by atoms with E-state index in [0.29, 0.717) is 17.9 Å². The highest BCUT2D eigenvalue weighted by Gasteiger charge is 2.20. The van der Waals surface area contributed by atoms with Crippen LogP contribution in [0.2, 0.25) is 0 Å². The van der Waals surface area contributed by atoms with Crippen molar-refractivity contribution in [3.05, 3.63) is 114 Å². The number of carbonyl (C=O) groups is 1. The molecule has 6 heteroatoms. The molecule has 0 atom stereocenters. The molecule has 0 aliphatic rings.